The van der Waals surface area contributed by atoms with Gasteiger partial charge in [0, 0.05) is 19.2 Å². The average Bonchev–Trinajstić information content (AvgIpc) is 2.97. The molecule has 1 fully saturated rings. The molecule has 1 aromatic heterocycles. The van der Waals surface area contributed by atoms with E-state index in [4.69, 9.17) is 25.2 Å². The number of aromatic nitrogens is 2. The van der Waals surface area contributed by atoms with E-state index in [9.17, 15) is 33.3 Å². The van der Waals surface area contributed by atoms with Crippen molar-refractivity contribution in [3.8, 4) is 0 Å². The van der Waals surface area contributed by atoms with Crippen LogP contribution < -0.4 is 17.0 Å². The Morgan fingerprint density at radius 1 is 1.19 bits per heavy atom. The van der Waals surface area contributed by atoms with Gasteiger partial charge >= 0.3 is 29.2 Å². The van der Waals surface area contributed by atoms with Crippen molar-refractivity contribution in [2.75, 3.05) is 13.2 Å². The Balaban J connectivity index is 2.08. The van der Waals surface area contributed by atoms with E-state index in [0.29, 0.717) is 0 Å². The fourth-order valence-corrected chi connectivity index (χ4v) is 5.57. The van der Waals surface area contributed by atoms with Crippen molar-refractivity contribution in [2.45, 2.75) is 24.9 Å². The minimum atomic E-state index is -5.70. The number of nitrogens with two attached hydrogens (primary N) is 1. The molecule has 0 bridgehead atoms. The van der Waals surface area contributed by atoms with E-state index in [-0.39, 0.29) is 18.5 Å². The molecule has 0 radical (unpaired) electrons. The monoisotopic (exact) mass is 523 g/mol. The molecule has 0 saturated carbocycles. The van der Waals surface area contributed by atoms with Crippen molar-refractivity contribution in [2.24, 2.45) is 5.73 Å². The summed E-state index contributed by atoms with van der Waals surface area (Å²) in [5.41, 5.74) is 3.81. The van der Waals surface area contributed by atoms with Crippen LogP contribution in [0.4, 0.5) is 0 Å². The van der Waals surface area contributed by atoms with Gasteiger partial charge in [0.2, 0.25) is 0 Å². The normalized spacial score (nSPS) is 25.6. The SMILES string of the molecule is NC/C=C/c1cn([C@H]2C[C@H](O)[C@@H](COP(=O)(O)OP(=O)(O)OP(=O)(O)O)O2)c(=O)[nH]c1=O. The summed E-state index contributed by atoms with van der Waals surface area (Å²) in [4.78, 5) is 61.5. The minimum absolute atomic E-state index is 0.0600. The molecule has 1 aliphatic heterocycles. The van der Waals surface area contributed by atoms with E-state index in [1.807, 2.05) is 4.98 Å². The first-order valence-corrected chi connectivity index (χ1v) is 13.0. The zero-order valence-electron chi connectivity index (χ0n) is 15.9. The molecule has 1 aliphatic rings. The third-order valence-corrected chi connectivity index (χ3v) is 7.56. The number of nitrogens with one attached hydrogen (secondary N) is 1. The summed E-state index contributed by atoms with van der Waals surface area (Å²) in [5, 5.41) is 10.1. The lowest BCUT2D eigenvalue weighted by molar-refractivity contribution is -0.0450. The van der Waals surface area contributed by atoms with E-state index in [0.717, 1.165) is 10.8 Å². The molecule has 8 N–H and O–H groups in total. The molecule has 1 aromatic rings. The highest BCUT2D eigenvalue weighted by molar-refractivity contribution is 7.66. The van der Waals surface area contributed by atoms with E-state index in [1.165, 1.54) is 12.2 Å². The molecule has 2 heterocycles. The molecule has 5 atom stereocenters. The zero-order valence-corrected chi connectivity index (χ0v) is 18.5. The molecular formula is C12H20N3O14P3. The summed E-state index contributed by atoms with van der Waals surface area (Å²) in [6.45, 7) is -0.778. The maximum Gasteiger partial charge on any atom is 0.490 e. The summed E-state index contributed by atoms with van der Waals surface area (Å²) < 4.78 is 51.6. The average molecular weight is 523 g/mol. The van der Waals surface area contributed by atoms with Crippen LogP contribution in [-0.4, -0.2) is 59.6 Å². The summed E-state index contributed by atoms with van der Waals surface area (Å²) in [5.74, 6) is 0. The first-order chi connectivity index (χ1) is 14.6. The Labute approximate surface area is 178 Å². The zero-order chi connectivity index (χ0) is 24.3. The van der Waals surface area contributed by atoms with Gasteiger partial charge in [-0.15, -0.1) is 0 Å². The highest BCUT2D eigenvalue weighted by atomic mass is 31.3. The molecule has 2 rings (SSSR count). The van der Waals surface area contributed by atoms with Gasteiger partial charge in [0.05, 0.1) is 18.3 Å². The maximum absolute atomic E-state index is 12.1. The molecule has 0 spiro atoms. The van der Waals surface area contributed by atoms with Crippen molar-refractivity contribution >= 4 is 29.5 Å². The quantitative estimate of drug-likeness (QED) is 0.172. The topological polar surface area (TPSA) is 270 Å². The second kappa shape index (κ2) is 10.3. The van der Waals surface area contributed by atoms with Crippen LogP contribution in [0.25, 0.3) is 6.08 Å². The molecule has 20 heteroatoms. The van der Waals surface area contributed by atoms with Crippen molar-refractivity contribution < 1.29 is 56.3 Å². The number of H-pyrrole nitrogens is 1. The van der Waals surface area contributed by atoms with Crippen LogP contribution in [0.3, 0.4) is 0 Å². The van der Waals surface area contributed by atoms with E-state index < -0.39 is 59.8 Å². The van der Waals surface area contributed by atoms with Crippen molar-refractivity contribution in [3.63, 3.8) is 0 Å². The smallest absolute Gasteiger partial charge is 0.390 e. The Morgan fingerprint density at radius 3 is 2.44 bits per heavy atom. The number of aromatic amines is 1. The minimum Gasteiger partial charge on any atom is -0.390 e. The number of aliphatic hydroxyl groups is 1. The number of rotatable bonds is 10. The number of aliphatic hydroxyl groups excluding tert-OH is 1. The summed E-state index contributed by atoms with van der Waals surface area (Å²) in [6.07, 6.45) is -0.0802. The summed E-state index contributed by atoms with van der Waals surface area (Å²) >= 11 is 0. The van der Waals surface area contributed by atoms with Gasteiger partial charge in [0.15, 0.2) is 0 Å². The summed E-state index contributed by atoms with van der Waals surface area (Å²) in [7, 11) is -16.7. The largest absolute Gasteiger partial charge is 0.490 e. The summed E-state index contributed by atoms with van der Waals surface area (Å²) in [6, 6.07) is 0. The third-order valence-electron chi connectivity index (χ3n) is 3.76. The molecule has 32 heavy (non-hydrogen) atoms. The van der Waals surface area contributed by atoms with Crippen molar-refractivity contribution in [1.82, 2.24) is 9.55 Å². The van der Waals surface area contributed by atoms with Crippen LogP contribution >= 0.6 is 23.5 Å². The molecule has 0 amide bonds. The number of nitrogens with zero attached hydrogens (tertiary/aromatic N) is 1. The Kier molecular flexibility index (Phi) is 8.70. The number of phosphoric ester groups is 1. The molecule has 17 nitrogen and oxygen atoms in total. The van der Waals surface area contributed by atoms with Gasteiger partial charge in [-0.25, -0.2) is 18.5 Å². The lowest BCUT2D eigenvalue weighted by atomic mass is 10.2. The number of hydrogen-bond donors (Lipinski definition) is 7. The van der Waals surface area contributed by atoms with Gasteiger partial charge in [0.1, 0.15) is 12.3 Å². The third kappa shape index (κ3) is 7.93. The van der Waals surface area contributed by atoms with E-state index in [1.54, 1.807) is 0 Å². The lowest BCUT2D eigenvalue weighted by Crippen LogP contribution is -2.33. The molecule has 0 aromatic carbocycles. The first kappa shape index (κ1) is 27.0. The fraction of sp³-hybridized carbons (Fsp3) is 0.500. The van der Waals surface area contributed by atoms with Crippen molar-refractivity contribution in [3.05, 3.63) is 38.7 Å². The number of ether oxygens (including phenoxy) is 1. The van der Waals surface area contributed by atoms with Crippen LogP contribution in [0, 0.1) is 0 Å². The maximum atomic E-state index is 12.1. The Bertz CT molecular complexity index is 1110. The van der Waals surface area contributed by atoms with Gasteiger partial charge in [-0.05, 0) is 0 Å². The predicted octanol–water partition coefficient (Wildman–Crippen LogP) is -1.50. The Hall–Kier alpha value is -1.29. The van der Waals surface area contributed by atoms with Gasteiger partial charge < -0.3 is 35.2 Å². The highest BCUT2D eigenvalue weighted by Gasteiger charge is 2.43. The number of hydrogen-bond acceptors (Lipinski definition) is 11. The van der Waals surface area contributed by atoms with Crippen LogP contribution in [0.1, 0.15) is 18.2 Å². The molecule has 182 valence electrons. The van der Waals surface area contributed by atoms with Crippen LogP contribution in [0.15, 0.2) is 21.9 Å². The van der Waals surface area contributed by atoms with Gasteiger partial charge in [-0.2, -0.15) is 8.62 Å². The first-order valence-electron chi connectivity index (χ1n) is 8.46. The van der Waals surface area contributed by atoms with Crippen LogP contribution in [-0.2, 0) is 31.6 Å². The van der Waals surface area contributed by atoms with Gasteiger partial charge in [0.25, 0.3) is 5.56 Å². The van der Waals surface area contributed by atoms with Crippen molar-refractivity contribution in [1.29, 1.82) is 0 Å². The van der Waals surface area contributed by atoms with Crippen LogP contribution in [0.2, 0.25) is 0 Å². The van der Waals surface area contributed by atoms with Crippen LogP contribution in [0.5, 0.6) is 0 Å². The molecular weight excluding hydrogens is 503 g/mol. The number of phosphoric acid groups is 3. The highest BCUT2D eigenvalue weighted by Crippen LogP contribution is 2.66. The van der Waals surface area contributed by atoms with E-state index in [2.05, 4.69) is 13.1 Å². The molecule has 1 saturated heterocycles. The predicted molar refractivity (Wildman–Crippen MR) is 104 cm³/mol. The lowest BCUT2D eigenvalue weighted by Gasteiger charge is -2.19. The standard InChI is InChI=1S/C12H20N3O14P3/c13-3-1-2-7-5-15(12(18)14-11(7)17)10-4-8(16)9(27-10)6-26-31(22,23)29-32(24,25)28-30(19,20)21/h1-2,5,8-10,16H,3-4,6,13H2,(H,22,23)(H,24,25)(H,14,17,18)(H2,19,20,21)/b2-1+/t8-,9+,10+/m0/s1. The fourth-order valence-electron chi connectivity index (χ4n) is 2.54. The van der Waals surface area contributed by atoms with Gasteiger partial charge in [-0.3, -0.25) is 18.9 Å². The molecule has 0 aliphatic carbocycles. The van der Waals surface area contributed by atoms with E-state index >= 15 is 0 Å². The molecule has 2 unspecified atom stereocenters. The second-order valence-electron chi connectivity index (χ2n) is 6.21. The Morgan fingerprint density at radius 2 is 1.84 bits per heavy atom. The second-order valence-corrected chi connectivity index (χ2v) is 10.6. The van der Waals surface area contributed by atoms with Gasteiger partial charge in [-0.1, -0.05) is 12.2 Å².